The van der Waals surface area contributed by atoms with Gasteiger partial charge in [-0.1, -0.05) is 0 Å². The number of aromatic amines is 1. The lowest BCUT2D eigenvalue weighted by Gasteiger charge is -2.05. The van der Waals surface area contributed by atoms with Gasteiger partial charge in [-0.05, 0) is 12.1 Å². The molecule has 4 rings (SSSR count). The van der Waals surface area contributed by atoms with E-state index in [-0.39, 0.29) is 12.1 Å². The molecule has 0 radical (unpaired) electrons. The number of rotatable bonds is 4. The Labute approximate surface area is 143 Å². The summed E-state index contributed by atoms with van der Waals surface area (Å²) in [5.41, 5.74) is 0.509. The number of nitrogens with zero attached hydrogens (tertiary/aromatic N) is 6. The molecule has 0 aliphatic carbocycles. The highest BCUT2D eigenvalue weighted by atomic mass is 32.2. The van der Waals surface area contributed by atoms with Gasteiger partial charge in [0.05, 0.1) is 34.9 Å². The van der Waals surface area contributed by atoms with E-state index in [1.807, 2.05) is 0 Å². The summed E-state index contributed by atoms with van der Waals surface area (Å²) in [4.78, 5) is 17.3. The van der Waals surface area contributed by atoms with Crippen LogP contribution < -0.4 is 5.56 Å². The van der Waals surface area contributed by atoms with Gasteiger partial charge in [-0.15, -0.1) is 0 Å². The van der Waals surface area contributed by atoms with Gasteiger partial charge >= 0.3 is 0 Å². The first-order valence-electron chi connectivity index (χ1n) is 7.36. The van der Waals surface area contributed by atoms with Gasteiger partial charge in [0.25, 0.3) is 5.56 Å². The minimum Gasteiger partial charge on any atom is -0.281 e. The molecule has 4 aromatic rings. The molecule has 0 bridgehead atoms. The van der Waals surface area contributed by atoms with Crippen LogP contribution in [0.4, 0.5) is 0 Å². The van der Waals surface area contributed by atoms with Crippen molar-refractivity contribution < 1.29 is 4.21 Å². The quantitative estimate of drug-likeness (QED) is 0.569. The van der Waals surface area contributed by atoms with Gasteiger partial charge in [0, 0.05) is 31.0 Å². The van der Waals surface area contributed by atoms with Crippen molar-refractivity contribution in [3.8, 4) is 0 Å². The van der Waals surface area contributed by atoms with E-state index in [1.165, 1.54) is 17.1 Å². The zero-order valence-electron chi connectivity index (χ0n) is 13.2. The molecule has 0 aliphatic rings. The molecule has 0 saturated carbocycles. The molecule has 10 heteroatoms. The van der Waals surface area contributed by atoms with Crippen LogP contribution in [0.25, 0.3) is 10.8 Å². The summed E-state index contributed by atoms with van der Waals surface area (Å²) in [6.45, 7) is 0.290. The lowest BCUT2D eigenvalue weighted by molar-refractivity contribution is 0.633. The van der Waals surface area contributed by atoms with E-state index in [1.54, 1.807) is 42.5 Å². The summed E-state index contributed by atoms with van der Waals surface area (Å²) in [5.74, 6) is 0. The number of hydrogen-bond donors (Lipinski definition) is 1. The largest absolute Gasteiger partial charge is 0.281 e. The monoisotopic (exact) mass is 355 g/mol. The summed E-state index contributed by atoms with van der Waals surface area (Å²) in [7, 11) is 0.286. The number of aromatic nitrogens is 7. The van der Waals surface area contributed by atoms with Crippen LogP contribution in [0, 0.1) is 0 Å². The normalized spacial score (nSPS) is 12.5. The van der Waals surface area contributed by atoms with Crippen molar-refractivity contribution >= 4 is 21.6 Å². The highest BCUT2D eigenvalue weighted by Crippen LogP contribution is 2.17. The van der Waals surface area contributed by atoms with Gasteiger partial charge in [0.15, 0.2) is 0 Å². The highest BCUT2D eigenvalue weighted by Gasteiger charge is 2.13. The summed E-state index contributed by atoms with van der Waals surface area (Å²) in [6, 6.07) is 3.39. The van der Waals surface area contributed by atoms with Gasteiger partial charge in [0.2, 0.25) is 0 Å². The first kappa shape index (κ1) is 15.4. The summed E-state index contributed by atoms with van der Waals surface area (Å²) >= 11 is 0. The maximum absolute atomic E-state index is 12.5. The second-order valence-corrected chi connectivity index (χ2v) is 6.84. The second-order valence-electron chi connectivity index (χ2n) is 5.42. The van der Waals surface area contributed by atoms with E-state index in [9.17, 15) is 9.00 Å². The molecule has 4 heterocycles. The fourth-order valence-corrected chi connectivity index (χ4v) is 3.44. The van der Waals surface area contributed by atoms with E-state index in [0.717, 1.165) is 5.69 Å². The van der Waals surface area contributed by atoms with Crippen LogP contribution in [0.3, 0.4) is 0 Å². The molecule has 126 valence electrons. The third-order valence-corrected chi connectivity index (χ3v) is 4.92. The Kier molecular flexibility index (Phi) is 3.73. The molecule has 1 unspecified atom stereocenters. The van der Waals surface area contributed by atoms with Crippen LogP contribution in [0.2, 0.25) is 0 Å². The smallest absolute Gasteiger partial charge is 0.276 e. The first-order valence-corrected chi connectivity index (χ1v) is 8.51. The molecule has 0 fully saturated rings. The number of pyridine rings is 1. The number of fused-ring (bicyclic) bond motifs is 1. The topological polar surface area (TPSA) is 111 Å². The Morgan fingerprint density at radius 3 is 2.84 bits per heavy atom. The van der Waals surface area contributed by atoms with Crippen molar-refractivity contribution in [1.29, 1.82) is 0 Å². The number of hydrogen-bond acceptors (Lipinski definition) is 6. The van der Waals surface area contributed by atoms with Crippen molar-refractivity contribution in [2.45, 2.75) is 16.5 Å². The van der Waals surface area contributed by atoms with E-state index in [4.69, 9.17) is 0 Å². The molecule has 0 saturated heterocycles. The average Bonchev–Trinajstić information content (AvgIpc) is 3.28. The fourth-order valence-electron chi connectivity index (χ4n) is 2.42. The SMILES string of the molecule is Cn1cc(S(=O)c2cc3cnn(Cc4ccn[nH]4)c(=O)c3cn2)cn1. The van der Waals surface area contributed by atoms with Crippen molar-refractivity contribution in [1.82, 2.24) is 34.7 Å². The van der Waals surface area contributed by atoms with Crippen LogP contribution in [0.15, 0.2) is 57.8 Å². The van der Waals surface area contributed by atoms with Crippen LogP contribution in [0.1, 0.15) is 5.69 Å². The van der Waals surface area contributed by atoms with Gasteiger partial charge in [-0.2, -0.15) is 15.3 Å². The lowest BCUT2D eigenvalue weighted by atomic mass is 10.2. The van der Waals surface area contributed by atoms with E-state index >= 15 is 0 Å². The molecule has 25 heavy (non-hydrogen) atoms. The molecule has 0 aromatic carbocycles. The van der Waals surface area contributed by atoms with Crippen LogP contribution in [0.5, 0.6) is 0 Å². The molecular formula is C15H13N7O2S. The Morgan fingerprint density at radius 1 is 1.24 bits per heavy atom. The van der Waals surface area contributed by atoms with Crippen LogP contribution in [-0.4, -0.2) is 39.0 Å². The fraction of sp³-hybridized carbons (Fsp3) is 0.133. The van der Waals surface area contributed by atoms with E-state index in [2.05, 4.69) is 25.4 Å². The van der Waals surface area contributed by atoms with Gasteiger partial charge in [-0.25, -0.2) is 13.9 Å². The zero-order chi connectivity index (χ0) is 17.4. The third kappa shape index (κ3) is 2.87. The molecule has 0 amide bonds. The van der Waals surface area contributed by atoms with E-state index in [0.29, 0.717) is 20.7 Å². The van der Waals surface area contributed by atoms with Gasteiger partial charge in [0.1, 0.15) is 15.8 Å². The van der Waals surface area contributed by atoms with Crippen molar-refractivity contribution in [2.24, 2.45) is 7.05 Å². The number of nitrogens with one attached hydrogen (secondary N) is 1. The number of H-pyrrole nitrogens is 1. The third-order valence-electron chi connectivity index (χ3n) is 3.68. The Bertz CT molecular complexity index is 1130. The van der Waals surface area contributed by atoms with E-state index < -0.39 is 10.8 Å². The molecule has 1 N–H and O–H groups in total. The summed E-state index contributed by atoms with van der Waals surface area (Å²) in [6.07, 6.45) is 7.82. The van der Waals surface area contributed by atoms with Crippen molar-refractivity contribution in [2.75, 3.05) is 0 Å². The van der Waals surface area contributed by atoms with Crippen molar-refractivity contribution in [3.05, 3.63) is 59.2 Å². The maximum Gasteiger partial charge on any atom is 0.276 e. The Morgan fingerprint density at radius 2 is 2.12 bits per heavy atom. The maximum atomic E-state index is 12.5. The molecule has 0 spiro atoms. The van der Waals surface area contributed by atoms with Crippen LogP contribution in [-0.2, 0) is 24.4 Å². The molecule has 0 aliphatic heterocycles. The standard InChI is InChI=1S/C15H13N7O2S/c1-21-9-12(6-18-21)25(24)14-4-10-5-19-22(8-11-2-3-17-20-11)15(23)13(10)7-16-14/h2-7,9H,8H2,1H3,(H,17,20). The molecule has 4 aromatic heterocycles. The predicted molar refractivity (Wildman–Crippen MR) is 89.4 cm³/mol. The Hall–Kier alpha value is -3.14. The summed E-state index contributed by atoms with van der Waals surface area (Å²) in [5, 5.41) is 16.2. The lowest BCUT2D eigenvalue weighted by Crippen LogP contribution is -2.23. The molecule has 9 nitrogen and oxygen atoms in total. The highest BCUT2D eigenvalue weighted by molar-refractivity contribution is 7.85. The zero-order valence-corrected chi connectivity index (χ0v) is 14.0. The first-order chi connectivity index (χ1) is 12.1. The van der Waals surface area contributed by atoms with Crippen molar-refractivity contribution in [3.63, 3.8) is 0 Å². The summed E-state index contributed by atoms with van der Waals surface area (Å²) < 4.78 is 15.4. The van der Waals surface area contributed by atoms with Crippen LogP contribution >= 0.6 is 0 Å². The second kappa shape index (κ2) is 6.06. The predicted octanol–water partition coefficient (Wildman–Crippen LogP) is 0.463. The Balaban J connectivity index is 1.72. The minimum absolute atomic E-state index is 0.265. The average molecular weight is 355 g/mol. The van der Waals surface area contributed by atoms with Gasteiger partial charge in [-0.3, -0.25) is 14.6 Å². The molecule has 1 atom stereocenters. The van der Waals surface area contributed by atoms with Gasteiger partial charge < -0.3 is 0 Å². The number of aryl methyl sites for hydroxylation is 1. The minimum atomic E-state index is -1.46. The molecular weight excluding hydrogens is 342 g/mol.